The van der Waals surface area contributed by atoms with Crippen LogP contribution in [0.3, 0.4) is 0 Å². The lowest BCUT2D eigenvalue weighted by Crippen LogP contribution is -1.83. The van der Waals surface area contributed by atoms with Crippen molar-refractivity contribution in [3.63, 3.8) is 0 Å². The fourth-order valence-electron chi connectivity index (χ4n) is 1.08. The van der Waals surface area contributed by atoms with Gasteiger partial charge in [-0.25, -0.2) is 0 Å². The summed E-state index contributed by atoms with van der Waals surface area (Å²) in [5.74, 6) is 3.08. The third-order valence-corrected chi connectivity index (χ3v) is 3.30. The van der Waals surface area contributed by atoms with E-state index in [1.165, 1.54) is 23.5 Å². The van der Waals surface area contributed by atoms with Gasteiger partial charge in [0.25, 0.3) is 0 Å². The number of benzene rings is 1. The molecule has 0 bridgehead atoms. The van der Waals surface area contributed by atoms with Crippen LogP contribution in [0.5, 0.6) is 5.75 Å². The second-order valence-electron chi connectivity index (χ2n) is 2.95. The summed E-state index contributed by atoms with van der Waals surface area (Å²) in [5, 5.41) is 0. The number of thiol groups is 1. The Balaban J connectivity index is 2.29. The Labute approximate surface area is 95.6 Å². The van der Waals surface area contributed by atoms with Crippen LogP contribution in [0.15, 0.2) is 29.2 Å². The summed E-state index contributed by atoms with van der Waals surface area (Å²) in [6.45, 7) is 0. The highest BCUT2D eigenvalue weighted by molar-refractivity contribution is 7.99. The van der Waals surface area contributed by atoms with E-state index < -0.39 is 0 Å². The molecule has 1 aromatic rings. The van der Waals surface area contributed by atoms with E-state index in [4.69, 9.17) is 4.74 Å². The van der Waals surface area contributed by atoms with Crippen LogP contribution in [0.1, 0.15) is 12.8 Å². The number of thioether (sulfide) groups is 1. The van der Waals surface area contributed by atoms with Crippen LogP contribution in [0.4, 0.5) is 0 Å². The predicted octanol–water partition coefficient (Wildman–Crippen LogP) is 3.50. The van der Waals surface area contributed by atoms with Gasteiger partial charge in [-0.1, -0.05) is 0 Å². The van der Waals surface area contributed by atoms with E-state index in [0.29, 0.717) is 0 Å². The SMILES string of the molecule is COc1ccc(SCCCCS)cc1. The summed E-state index contributed by atoms with van der Waals surface area (Å²) in [6, 6.07) is 8.20. The highest BCUT2D eigenvalue weighted by Gasteiger charge is 1.94. The standard InChI is InChI=1S/C11H16OS2/c1-12-10-4-6-11(7-5-10)14-9-3-2-8-13/h4-7,13H,2-3,8-9H2,1H3. The summed E-state index contributed by atoms with van der Waals surface area (Å²) >= 11 is 6.07. The molecule has 0 aliphatic carbocycles. The molecule has 0 aromatic heterocycles. The summed E-state index contributed by atoms with van der Waals surface area (Å²) in [5.41, 5.74) is 0. The molecule has 0 spiro atoms. The normalized spacial score (nSPS) is 10.1. The van der Waals surface area contributed by atoms with Crippen molar-refractivity contribution in [3.05, 3.63) is 24.3 Å². The van der Waals surface area contributed by atoms with Gasteiger partial charge in [0, 0.05) is 4.90 Å². The molecular weight excluding hydrogens is 212 g/mol. The van der Waals surface area contributed by atoms with E-state index in [0.717, 1.165) is 11.5 Å². The smallest absolute Gasteiger partial charge is 0.118 e. The molecule has 0 atom stereocenters. The van der Waals surface area contributed by atoms with Crippen molar-refractivity contribution >= 4 is 24.4 Å². The second-order valence-corrected chi connectivity index (χ2v) is 4.57. The fraction of sp³-hybridized carbons (Fsp3) is 0.455. The molecule has 1 rings (SSSR count). The van der Waals surface area contributed by atoms with Crippen molar-refractivity contribution in [3.8, 4) is 5.75 Å². The van der Waals surface area contributed by atoms with Crippen molar-refractivity contribution in [1.82, 2.24) is 0 Å². The summed E-state index contributed by atoms with van der Waals surface area (Å²) in [6.07, 6.45) is 2.44. The second kappa shape index (κ2) is 7.07. The lowest BCUT2D eigenvalue weighted by atomic mass is 10.3. The van der Waals surface area contributed by atoms with Gasteiger partial charge in [0.15, 0.2) is 0 Å². The Morgan fingerprint density at radius 3 is 2.50 bits per heavy atom. The molecular formula is C11H16OS2. The molecule has 0 radical (unpaired) electrons. The van der Waals surface area contributed by atoms with Gasteiger partial charge < -0.3 is 4.74 Å². The van der Waals surface area contributed by atoms with E-state index in [1.807, 2.05) is 23.9 Å². The molecule has 1 nitrogen and oxygen atoms in total. The maximum Gasteiger partial charge on any atom is 0.118 e. The number of hydrogen-bond acceptors (Lipinski definition) is 3. The summed E-state index contributed by atoms with van der Waals surface area (Å²) in [7, 11) is 1.69. The average molecular weight is 228 g/mol. The summed E-state index contributed by atoms with van der Waals surface area (Å²) in [4.78, 5) is 1.31. The van der Waals surface area contributed by atoms with Gasteiger partial charge in [-0.3, -0.25) is 0 Å². The molecule has 1 aromatic carbocycles. The topological polar surface area (TPSA) is 9.23 Å². The van der Waals surface area contributed by atoms with Gasteiger partial charge in [0.05, 0.1) is 7.11 Å². The van der Waals surface area contributed by atoms with Gasteiger partial charge in [0.2, 0.25) is 0 Å². The molecule has 0 aliphatic heterocycles. The zero-order valence-corrected chi connectivity index (χ0v) is 10.1. The largest absolute Gasteiger partial charge is 0.497 e. The average Bonchev–Trinajstić information content (AvgIpc) is 2.25. The first-order valence-electron chi connectivity index (χ1n) is 4.74. The van der Waals surface area contributed by atoms with E-state index in [-0.39, 0.29) is 0 Å². The quantitative estimate of drug-likeness (QED) is 0.453. The minimum absolute atomic E-state index is 0.921. The Morgan fingerprint density at radius 2 is 1.93 bits per heavy atom. The van der Waals surface area contributed by atoms with Crippen LogP contribution < -0.4 is 4.74 Å². The van der Waals surface area contributed by atoms with Crippen molar-refractivity contribution < 1.29 is 4.74 Å². The monoisotopic (exact) mass is 228 g/mol. The van der Waals surface area contributed by atoms with Crippen LogP contribution in [-0.2, 0) is 0 Å². The van der Waals surface area contributed by atoms with Gasteiger partial charge in [-0.15, -0.1) is 11.8 Å². The van der Waals surface area contributed by atoms with Crippen LogP contribution >= 0.6 is 24.4 Å². The first kappa shape index (κ1) is 11.8. The molecule has 0 saturated heterocycles. The lowest BCUT2D eigenvalue weighted by molar-refractivity contribution is 0.414. The van der Waals surface area contributed by atoms with Crippen LogP contribution in [0, 0.1) is 0 Å². The number of ether oxygens (including phenoxy) is 1. The van der Waals surface area contributed by atoms with E-state index >= 15 is 0 Å². The minimum Gasteiger partial charge on any atom is -0.497 e. The zero-order chi connectivity index (χ0) is 10.2. The molecule has 3 heteroatoms. The Bertz CT molecular complexity index is 246. The first-order chi connectivity index (χ1) is 6.86. The zero-order valence-electron chi connectivity index (χ0n) is 8.40. The Hall–Kier alpha value is -0.280. The van der Waals surface area contributed by atoms with Gasteiger partial charge in [0.1, 0.15) is 5.75 Å². The van der Waals surface area contributed by atoms with Crippen LogP contribution in [0.2, 0.25) is 0 Å². The van der Waals surface area contributed by atoms with E-state index in [9.17, 15) is 0 Å². The number of methoxy groups -OCH3 is 1. The third kappa shape index (κ3) is 4.29. The van der Waals surface area contributed by atoms with Gasteiger partial charge >= 0.3 is 0 Å². The molecule has 14 heavy (non-hydrogen) atoms. The molecule has 0 unspecified atom stereocenters. The van der Waals surface area contributed by atoms with Crippen molar-refractivity contribution in [1.29, 1.82) is 0 Å². The maximum absolute atomic E-state index is 5.09. The van der Waals surface area contributed by atoms with E-state index in [1.54, 1.807) is 7.11 Å². The Morgan fingerprint density at radius 1 is 1.21 bits per heavy atom. The molecule has 0 fully saturated rings. The number of rotatable bonds is 6. The van der Waals surface area contributed by atoms with Crippen LogP contribution in [0.25, 0.3) is 0 Å². The Kier molecular flexibility index (Phi) is 5.96. The van der Waals surface area contributed by atoms with Crippen molar-refractivity contribution in [2.24, 2.45) is 0 Å². The molecule has 0 heterocycles. The summed E-state index contributed by atoms with van der Waals surface area (Å²) < 4.78 is 5.09. The first-order valence-corrected chi connectivity index (χ1v) is 6.36. The molecule has 0 N–H and O–H groups in total. The lowest BCUT2D eigenvalue weighted by Gasteiger charge is -2.02. The number of hydrogen-bond donors (Lipinski definition) is 1. The van der Waals surface area contributed by atoms with Crippen molar-refractivity contribution in [2.75, 3.05) is 18.6 Å². The predicted molar refractivity (Wildman–Crippen MR) is 66.8 cm³/mol. The number of unbranched alkanes of at least 4 members (excludes halogenated alkanes) is 1. The van der Waals surface area contributed by atoms with Crippen LogP contribution in [-0.4, -0.2) is 18.6 Å². The highest BCUT2D eigenvalue weighted by Crippen LogP contribution is 2.22. The molecule has 0 saturated carbocycles. The van der Waals surface area contributed by atoms with Crippen molar-refractivity contribution in [2.45, 2.75) is 17.7 Å². The molecule has 78 valence electrons. The fourth-order valence-corrected chi connectivity index (χ4v) is 2.21. The molecule has 0 amide bonds. The minimum atomic E-state index is 0.921. The maximum atomic E-state index is 5.09. The molecule has 0 aliphatic rings. The van der Waals surface area contributed by atoms with Gasteiger partial charge in [-0.2, -0.15) is 12.6 Å². The highest BCUT2D eigenvalue weighted by atomic mass is 32.2. The van der Waals surface area contributed by atoms with E-state index in [2.05, 4.69) is 24.8 Å². The van der Waals surface area contributed by atoms with Gasteiger partial charge in [-0.05, 0) is 48.6 Å². The third-order valence-electron chi connectivity index (χ3n) is 1.88.